The maximum absolute atomic E-state index is 12.0. The van der Waals surface area contributed by atoms with Gasteiger partial charge in [0, 0.05) is 0 Å². The summed E-state index contributed by atoms with van der Waals surface area (Å²) in [6, 6.07) is 7.62. The predicted octanol–water partition coefficient (Wildman–Crippen LogP) is 2.09. The van der Waals surface area contributed by atoms with Gasteiger partial charge in [0.05, 0.1) is 5.56 Å². The molecule has 2 atom stereocenters. The molecule has 1 amide bonds. The van der Waals surface area contributed by atoms with Crippen LogP contribution in [-0.4, -0.2) is 29.1 Å². The summed E-state index contributed by atoms with van der Waals surface area (Å²) in [6.07, 6.45) is 1.04. The number of amides is 1. The minimum absolute atomic E-state index is 0.299. The lowest BCUT2D eigenvalue weighted by atomic mass is 10.1. The van der Waals surface area contributed by atoms with Gasteiger partial charge in [-0.25, -0.2) is 4.79 Å². The van der Waals surface area contributed by atoms with Crippen molar-refractivity contribution in [1.82, 2.24) is 5.32 Å². The van der Waals surface area contributed by atoms with Gasteiger partial charge in [-0.2, -0.15) is 5.26 Å². The van der Waals surface area contributed by atoms with Gasteiger partial charge < -0.3 is 15.2 Å². The number of carboxylic acids is 1. The first-order chi connectivity index (χ1) is 10.5. The summed E-state index contributed by atoms with van der Waals surface area (Å²) < 4.78 is 5.46. The summed E-state index contributed by atoms with van der Waals surface area (Å²) in [6.45, 7) is 3.47. The van der Waals surface area contributed by atoms with Crippen molar-refractivity contribution >= 4 is 11.9 Å². The molecule has 1 aromatic carbocycles. The zero-order valence-corrected chi connectivity index (χ0v) is 12.7. The fourth-order valence-corrected chi connectivity index (χ4v) is 1.86. The number of hydrogen-bond donors (Lipinski definition) is 2. The van der Waals surface area contributed by atoms with Gasteiger partial charge in [0.15, 0.2) is 6.10 Å². The average molecular weight is 304 g/mol. The number of nitrogens with one attached hydrogen (secondary N) is 1. The Kier molecular flexibility index (Phi) is 6.90. The van der Waals surface area contributed by atoms with Crippen LogP contribution in [0, 0.1) is 11.3 Å². The highest BCUT2D eigenvalue weighted by Gasteiger charge is 2.23. The Balaban J connectivity index is 2.68. The van der Waals surface area contributed by atoms with Crippen LogP contribution >= 0.6 is 0 Å². The highest BCUT2D eigenvalue weighted by atomic mass is 16.5. The quantitative estimate of drug-likeness (QED) is 0.766. The second-order valence-electron chi connectivity index (χ2n) is 4.91. The van der Waals surface area contributed by atoms with Gasteiger partial charge in [-0.1, -0.05) is 31.9 Å². The van der Waals surface area contributed by atoms with E-state index in [1.165, 1.54) is 6.92 Å². The van der Waals surface area contributed by atoms with Crippen molar-refractivity contribution in [1.29, 1.82) is 5.26 Å². The maximum Gasteiger partial charge on any atom is 0.326 e. The molecule has 2 N–H and O–H groups in total. The Bertz CT molecular complexity index is 566. The summed E-state index contributed by atoms with van der Waals surface area (Å²) in [5, 5.41) is 20.5. The fraction of sp³-hybridized carbons (Fsp3) is 0.438. The van der Waals surface area contributed by atoms with Gasteiger partial charge in [0.1, 0.15) is 17.9 Å². The summed E-state index contributed by atoms with van der Waals surface area (Å²) >= 11 is 0. The first-order valence-corrected chi connectivity index (χ1v) is 7.18. The summed E-state index contributed by atoms with van der Waals surface area (Å²) in [5.41, 5.74) is 0.322. The lowest BCUT2D eigenvalue weighted by Crippen LogP contribution is -2.46. The Morgan fingerprint density at radius 2 is 2.09 bits per heavy atom. The number of carbonyl (C=O) groups excluding carboxylic acids is 1. The van der Waals surface area contributed by atoms with Crippen molar-refractivity contribution in [2.24, 2.45) is 0 Å². The smallest absolute Gasteiger partial charge is 0.326 e. The minimum atomic E-state index is -1.06. The van der Waals surface area contributed by atoms with Crippen molar-refractivity contribution in [2.75, 3.05) is 0 Å². The second-order valence-corrected chi connectivity index (χ2v) is 4.91. The van der Waals surface area contributed by atoms with Gasteiger partial charge in [-0.3, -0.25) is 4.79 Å². The summed E-state index contributed by atoms with van der Waals surface area (Å²) in [4.78, 5) is 23.2. The number of nitrogens with zero attached hydrogens (tertiary/aromatic N) is 1. The molecule has 0 bridgehead atoms. The van der Waals surface area contributed by atoms with E-state index in [1.807, 2.05) is 13.0 Å². The van der Waals surface area contributed by atoms with Gasteiger partial charge in [0.2, 0.25) is 0 Å². The van der Waals surface area contributed by atoms with E-state index in [9.17, 15) is 9.59 Å². The molecule has 1 rings (SSSR count). The van der Waals surface area contributed by atoms with Crippen LogP contribution in [-0.2, 0) is 9.59 Å². The lowest BCUT2D eigenvalue weighted by Gasteiger charge is -2.19. The van der Waals surface area contributed by atoms with Crippen LogP contribution in [0.2, 0.25) is 0 Å². The van der Waals surface area contributed by atoms with Crippen LogP contribution in [0.4, 0.5) is 0 Å². The molecule has 0 heterocycles. The van der Waals surface area contributed by atoms with Gasteiger partial charge in [-0.05, 0) is 25.5 Å². The molecule has 1 unspecified atom stereocenters. The lowest BCUT2D eigenvalue weighted by molar-refractivity contribution is -0.143. The first kappa shape index (κ1) is 17.5. The van der Waals surface area contributed by atoms with Crippen molar-refractivity contribution in [3.8, 4) is 11.8 Å². The third kappa shape index (κ3) is 5.09. The predicted molar refractivity (Wildman–Crippen MR) is 80.3 cm³/mol. The molecule has 22 heavy (non-hydrogen) atoms. The van der Waals surface area contributed by atoms with E-state index in [2.05, 4.69) is 5.32 Å². The number of ether oxygens (including phenoxy) is 1. The molecule has 0 saturated heterocycles. The van der Waals surface area contributed by atoms with Gasteiger partial charge >= 0.3 is 5.97 Å². The number of carbonyl (C=O) groups is 2. The molecule has 0 aliphatic rings. The molecular weight excluding hydrogens is 284 g/mol. The van der Waals surface area contributed by atoms with Crippen LogP contribution in [0.3, 0.4) is 0 Å². The topological polar surface area (TPSA) is 99.4 Å². The van der Waals surface area contributed by atoms with Crippen molar-refractivity contribution in [3.63, 3.8) is 0 Å². The number of unbranched alkanes of at least 4 members (excludes halogenated alkanes) is 1. The summed E-state index contributed by atoms with van der Waals surface area (Å²) in [5.74, 6) is -1.28. The normalized spacial score (nSPS) is 12.8. The number of rotatable bonds is 8. The highest BCUT2D eigenvalue weighted by Crippen LogP contribution is 2.18. The molecule has 0 aromatic heterocycles. The average Bonchev–Trinajstić information content (AvgIpc) is 2.51. The Morgan fingerprint density at radius 3 is 2.68 bits per heavy atom. The number of para-hydroxylation sites is 1. The molecule has 6 nitrogen and oxygen atoms in total. The number of aliphatic carboxylic acids is 1. The third-order valence-corrected chi connectivity index (χ3v) is 3.14. The number of hydrogen-bond acceptors (Lipinski definition) is 4. The zero-order chi connectivity index (χ0) is 16.5. The SMILES string of the molecule is CCCC[C@H](NC(=O)C(C)Oc1ccccc1C#N)C(=O)O. The van der Waals surface area contributed by atoms with Crippen molar-refractivity contribution < 1.29 is 19.4 Å². The molecule has 0 aliphatic carbocycles. The molecule has 1 aromatic rings. The van der Waals surface area contributed by atoms with Crippen molar-refractivity contribution in [3.05, 3.63) is 29.8 Å². The van der Waals surface area contributed by atoms with Crippen LogP contribution < -0.4 is 10.1 Å². The summed E-state index contributed by atoms with van der Waals surface area (Å²) in [7, 11) is 0. The molecule has 6 heteroatoms. The highest BCUT2D eigenvalue weighted by molar-refractivity contribution is 5.86. The largest absolute Gasteiger partial charge is 0.480 e. The van der Waals surface area contributed by atoms with Crippen LogP contribution in [0.1, 0.15) is 38.7 Å². The molecule has 0 fully saturated rings. The number of carboxylic acid groups (broad SMARTS) is 1. The Labute approximate surface area is 129 Å². The molecule has 0 aliphatic heterocycles. The Morgan fingerprint density at radius 1 is 1.41 bits per heavy atom. The van der Waals surface area contributed by atoms with E-state index in [1.54, 1.807) is 24.3 Å². The van der Waals surface area contributed by atoms with Crippen LogP contribution in [0.5, 0.6) is 5.75 Å². The first-order valence-electron chi connectivity index (χ1n) is 7.18. The van der Waals surface area contributed by atoms with Gasteiger partial charge in [0.25, 0.3) is 5.91 Å². The maximum atomic E-state index is 12.0. The van der Waals surface area contributed by atoms with E-state index in [0.717, 1.165) is 6.42 Å². The van der Waals surface area contributed by atoms with E-state index >= 15 is 0 Å². The monoisotopic (exact) mass is 304 g/mol. The van der Waals surface area contributed by atoms with Crippen LogP contribution in [0.25, 0.3) is 0 Å². The second kappa shape index (κ2) is 8.67. The molecular formula is C16H20N2O4. The molecule has 0 radical (unpaired) electrons. The van der Waals surface area contributed by atoms with Crippen molar-refractivity contribution in [2.45, 2.75) is 45.3 Å². The van der Waals surface area contributed by atoms with Crippen LogP contribution in [0.15, 0.2) is 24.3 Å². The van der Waals surface area contributed by atoms with E-state index < -0.39 is 24.0 Å². The van der Waals surface area contributed by atoms with Gasteiger partial charge in [-0.15, -0.1) is 0 Å². The number of nitriles is 1. The fourth-order valence-electron chi connectivity index (χ4n) is 1.86. The van der Waals surface area contributed by atoms with E-state index in [0.29, 0.717) is 24.2 Å². The molecule has 0 spiro atoms. The molecule has 0 saturated carbocycles. The standard InChI is InChI=1S/C16H20N2O4/c1-3-4-8-13(16(20)21)18-15(19)11(2)22-14-9-6-5-7-12(14)10-17/h5-7,9,11,13H,3-4,8H2,1-2H3,(H,18,19)(H,20,21)/t11?,13-/m0/s1. The van der Waals surface area contributed by atoms with E-state index in [-0.39, 0.29) is 0 Å². The molecule has 118 valence electrons. The number of benzene rings is 1. The third-order valence-electron chi connectivity index (χ3n) is 3.14. The minimum Gasteiger partial charge on any atom is -0.480 e. The zero-order valence-electron chi connectivity index (χ0n) is 12.7. The van der Waals surface area contributed by atoms with E-state index in [4.69, 9.17) is 15.1 Å². The Hall–Kier alpha value is -2.55.